The summed E-state index contributed by atoms with van der Waals surface area (Å²) in [4.78, 5) is 12.5. The fraction of sp³-hybridized carbons (Fsp3) is 0. The third-order valence-electron chi connectivity index (χ3n) is 3.57. The molecule has 26 heavy (non-hydrogen) atoms. The lowest BCUT2D eigenvalue weighted by Crippen LogP contribution is -2.17. The topological polar surface area (TPSA) is 189 Å². The molecule has 0 spiro atoms. The zero-order chi connectivity index (χ0) is 19.1. The summed E-state index contributed by atoms with van der Waals surface area (Å²) in [5, 5.41) is 21.7. The molecular formula is C14H12N8O3S. The van der Waals surface area contributed by atoms with Crippen molar-refractivity contribution >= 4 is 27.6 Å². The van der Waals surface area contributed by atoms with Crippen LogP contribution in [0.1, 0.15) is 15.9 Å². The standard InChI is InChI=1S/C14H12N8O3S/c15-5-8-6-19-22(12(8)16)14(23)11-7-20-21(13(11)17)9-1-3-10(4-2-9)26(18,24)25/h1-4,6-7H,16-17H2,(H2,18,24,25). The highest BCUT2D eigenvalue weighted by molar-refractivity contribution is 7.89. The second kappa shape index (κ2) is 5.99. The van der Waals surface area contributed by atoms with E-state index >= 15 is 0 Å². The van der Waals surface area contributed by atoms with E-state index in [1.165, 1.54) is 41.3 Å². The van der Waals surface area contributed by atoms with Gasteiger partial charge in [-0.1, -0.05) is 0 Å². The first kappa shape index (κ1) is 17.1. The number of rotatable bonds is 3. The van der Waals surface area contributed by atoms with Gasteiger partial charge in [-0.15, -0.1) is 0 Å². The van der Waals surface area contributed by atoms with E-state index in [0.29, 0.717) is 5.69 Å². The van der Waals surface area contributed by atoms with Gasteiger partial charge in [0.25, 0.3) is 5.91 Å². The SMILES string of the molecule is N#Cc1cnn(C(=O)c2cnn(-c3ccc(S(N)(=O)=O)cc3)c2N)c1N. The molecule has 0 saturated heterocycles. The van der Waals surface area contributed by atoms with Crippen LogP contribution in [-0.4, -0.2) is 33.9 Å². The van der Waals surface area contributed by atoms with E-state index in [9.17, 15) is 13.2 Å². The van der Waals surface area contributed by atoms with Crippen LogP contribution in [0.4, 0.5) is 11.6 Å². The van der Waals surface area contributed by atoms with E-state index in [1.807, 2.05) is 6.07 Å². The molecule has 0 bridgehead atoms. The molecule has 0 radical (unpaired) electrons. The second-order valence-corrected chi connectivity index (χ2v) is 6.73. The van der Waals surface area contributed by atoms with Crippen molar-refractivity contribution in [2.75, 3.05) is 11.5 Å². The third kappa shape index (κ3) is 2.77. The zero-order valence-corrected chi connectivity index (χ0v) is 13.9. The van der Waals surface area contributed by atoms with E-state index in [1.54, 1.807) is 0 Å². The van der Waals surface area contributed by atoms with Gasteiger partial charge in [-0.25, -0.2) is 18.2 Å². The van der Waals surface area contributed by atoms with Crippen LogP contribution in [0.3, 0.4) is 0 Å². The van der Waals surface area contributed by atoms with E-state index in [4.69, 9.17) is 21.9 Å². The molecule has 0 amide bonds. The average Bonchev–Trinajstić information content (AvgIpc) is 3.16. The molecule has 2 heterocycles. The minimum atomic E-state index is -3.83. The highest BCUT2D eigenvalue weighted by Gasteiger charge is 2.21. The highest BCUT2D eigenvalue weighted by atomic mass is 32.2. The van der Waals surface area contributed by atoms with E-state index in [-0.39, 0.29) is 27.7 Å². The van der Waals surface area contributed by atoms with Gasteiger partial charge < -0.3 is 11.5 Å². The fourth-order valence-corrected chi connectivity index (χ4v) is 2.74. The fourth-order valence-electron chi connectivity index (χ4n) is 2.23. The Morgan fingerprint density at radius 1 is 1.08 bits per heavy atom. The molecule has 0 fully saturated rings. The zero-order valence-electron chi connectivity index (χ0n) is 13.1. The van der Waals surface area contributed by atoms with Gasteiger partial charge in [0.15, 0.2) is 0 Å². The Morgan fingerprint density at radius 2 is 1.73 bits per heavy atom. The monoisotopic (exact) mass is 372 g/mol. The molecule has 0 unspecified atom stereocenters. The summed E-state index contributed by atoms with van der Waals surface area (Å²) in [7, 11) is -3.83. The van der Waals surface area contributed by atoms with Crippen LogP contribution in [0.25, 0.3) is 5.69 Å². The summed E-state index contributed by atoms with van der Waals surface area (Å²) >= 11 is 0. The predicted octanol–water partition coefficient (Wildman–Crippen LogP) is -0.559. The van der Waals surface area contributed by atoms with Crippen molar-refractivity contribution in [3.8, 4) is 11.8 Å². The highest BCUT2D eigenvalue weighted by Crippen LogP contribution is 2.21. The Morgan fingerprint density at radius 3 is 2.27 bits per heavy atom. The summed E-state index contributed by atoms with van der Waals surface area (Å²) in [5.74, 6) is -0.775. The van der Waals surface area contributed by atoms with E-state index in [2.05, 4.69) is 10.2 Å². The number of benzene rings is 1. The van der Waals surface area contributed by atoms with E-state index < -0.39 is 15.9 Å². The number of nitrogens with zero attached hydrogens (tertiary/aromatic N) is 5. The number of nitrogen functional groups attached to an aromatic ring is 2. The Bertz CT molecular complexity index is 1150. The quantitative estimate of drug-likeness (QED) is 0.545. The molecule has 2 aromatic heterocycles. The van der Waals surface area contributed by atoms with Crippen LogP contribution in [0.5, 0.6) is 0 Å². The molecule has 0 saturated carbocycles. The lowest BCUT2D eigenvalue weighted by Gasteiger charge is -2.06. The number of carbonyl (C=O) groups excluding carboxylic acids is 1. The molecule has 11 nitrogen and oxygen atoms in total. The number of anilines is 2. The number of nitrogens with two attached hydrogens (primary N) is 3. The van der Waals surface area contributed by atoms with Crippen LogP contribution in [-0.2, 0) is 10.0 Å². The summed E-state index contributed by atoms with van der Waals surface area (Å²) in [6.45, 7) is 0. The molecule has 12 heteroatoms. The third-order valence-corrected chi connectivity index (χ3v) is 4.50. The Labute approximate surface area is 147 Å². The van der Waals surface area contributed by atoms with Crippen molar-refractivity contribution in [1.82, 2.24) is 19.6 Å². The van der Waals surface area contributed by atoms with Crippen LogP contribution >= 0.6 is 0 Å². The van der Waals surface area contributed by atoms with Crippen molar-refractivity contribution < 1.29 is 13.2 Å². The van der Waals surface area contributed by atoms with Gasteiger partial charge in [-0.2, -0.15) is 20.1 Å². The molecule has 0 atom stereocenters. The number of primary sulfonamides is 1. The summed E-state index contributed by atoms with van der Waals surface area (Å²) in [5.41, 5.74) is 12.2. The number of hydrogen-bond acceptors (Lipinski definition) is 8. The van der Waals surface area contributed by atoms with Gasteiger partial charge in [0.05, 0.1) is 23.0 Å². The maximum absolute atomic E-state index is 12.5. The van der Waals surface area contributed by atoms with Crippen LogP contribution in [0, 0.1) is 11.3 Å². The van der Waals surface area contributed by atoms with Crippen LogP contribution in [0.2, 0.25) is 0 Å². The van der Waals surface area contributed by atoms with Crippen LogP contribution in [0.15, 0.2) is 41.6 Å². The maximum Gasteiger partial charge on any atom is 0.285 e. The minimum absolute atomic E-state index is 0.00763. The van der Waals surface area contributed by atoms with Crippen molar-refractivity contribution in [2.24, 2.45) is 5.14 Å². The van der Waals surface area contributed by atoms with Gasteiger partial charge in [-0.05, 0) is 24.3 Å². The molecule has 132 valence electrons. The molecule has 3 aromatic rings. The predicted molar refractivity (Wildman–Crippen MR) is 90.4 cm³/mol. The smallest absolute Gasteiger partial charge is 0.285 e. The number of aromatic nitrogens is 4. The first-order valence-electron chi connectivity index (χ1n) is 6.99. The number of sulfonamides is 1. The Hall–Kier alpha value is -3.69. The Balaban J connectivity index is 1.99. The summed E-state index contributed by atoms with van der Waals surface area (Å²) < 4.78 is 24.7. The number of carbonyl (C=O) groups is 1. The normalized spacial score (nSPS) is 11.2. The summed E-state index contributed by atoms with van der Waals surface area (Å²) in [6.07, 6.45) is 2.39. The van der Waals surface area contributed by atoms with Crippen molar-refractivity contribution in [2.45, 2.75) is 4.90 Å². The van der Waals surface area contributed by atoms with Gasteiger partial charge >= 0.3 is 0 Å². The minimum Gasteiger partial charge on any atom is -0.383 e. The average molecular weight is 372 g/mol. The van der Waals surface area contributed by atoms with Gasteiger partial charge in [0, 0.05) is 0 Å². The molecule has 3 rings (SSSR count). The number of hydrogen-bond donors (Lipinski definition) is 3. The maximum atomic E-state index is 12.5. The van der Waals surface area contributed by atoms with Gasteiger partial charge in [-0.3, -0.25) is 4.79 Å². The molecule has 0 aliphatic carbocycles. The van der Waals surface area contributed by atoms with Gasteiger partial charge in [0.2, 0.25) is 10.0 Å². The van der Waals surface area contributed by atoms with Gasteiger partial charge in [0.1, 0.15) is 28.8 Å². The molecule has 0 aliphatic rings. The molecule has 1 aromatic carbocycles. The van der Waals surface area contributed by atoms with Crippen molar-refractivity contribution in [3.05, 3.63) is 47.8 Å². The lowest BCUT2D eigenvalue weighted by atomic mass is 10.3. The first-order valence-corrected chi connectivity index (χ1v) is 8.53. The second-order valence-electron chi connectivity index (χ2n) is 5.17. The lowest BCUT2D eigenvalue weighted by molar-refractivity contribution is 0.0949. The van der Waals surface area contributed by atoms with E-state index in [0.717, 1.165) is 4.68 Å². The largest absolute Gasteiger partial charge is 0.383 e. The molecule has 0 aliphatic heterocycles. The molecule has 6 N–H and O–H groups in total. The van der Waals surface area contributed by atoms with Crippen molar-refractivity contribution in [3.63, 3.8) is 0 Å². The first-order chi connectivity index (χ1) is 12.2. The summed E-state index contributed by atoms with van der Waals surface area (Å²) in [6, 6.07) is 7.27. The molecular weight excluding hydrogens is 360 g/mol. The van der Waals surface area contributed by atoms with Crippen molar-refractivity contribution in [1.29, 1.82) is 5.26 Å². The van der Waals surface area contributed by atoms with Crippen LogP contribution < -0.4 is 16.6 Å². The number of nitriles is 1. The Kier molecular flexibility index (Phi) is 3.95.